The molecule has 0 bridgehead atoms. The lowest BCUT2D eigenvalue weighted by Gasteiger charge is -2.22. The van der Waals surface area contributed by atoms with Crippen LogP contribution >= 0.6 is 0 Å². The van der Waals surface area contributed by atoms with Crippen LogP contribution in [0, 0.1) is 0 Å². The highest BCUT2D eigenvalue weighted by molar-refractivity contribution is 7.92. The van der Waals surface area contributed by atoms with Crippen LogP contribution in [0.3, 0.4) is 0 Å². The van der Waals surface area contributed by atoms with Gasteiger partial charge >= 0.3 is 5.97 Å². The number of methoxy groups -OCH3 is 1. The summed E-state index contributed by atoms with van der Waals surface area (Å²) < 4.78 is 29.7. The molecule has 1 amide bonds. The maximum absolute atomic E-state index is 12.1. The average Bonchev–Trinajstić information content (AvgIpc) is 2.54. The van der Waals surface area contributed by atoms with Crippen molar-refractivity contribution in [2.24, 2.45) is 0 Å². The molecule has 0 spiro atoms. The van der Waals surface area contributed by atoms with Crippen LogP contribution in [-0.4, -0.2) is 72.3 Å². The Labute approximate surface area is 148 Å². The molecule has 0 aliphatic rings. The highest BCUT2D eigenvalue weighted by atomic mass is 32.2. The largest absolute Gasteiger partial charge is 0.465 e. The Morgan fingerprint density at radius 3 is 2.48 bits per heavy atom. The molecule has 1 rings (SSSR count). The van der Waals surface area contributed by atoms with E-state index in [1.54, 1.807) is 0 Å². The Hall–Kier alpha value is -2.13. The van der Waals surface area contributed by atoms with Gasteiger partial charge in [0.25, 0.3) is 0 Å². The van der Waals surface area contributed by atoms with Crippen LogP contribution in [0.4, 0.5) is 5.69 Å². The van der Waals surface area contributed by atoms with Gasteiger partial charge < -0.3 is 15.0 Å². The second kappa shape index (κ2) is 9.38. The minimum absolute atomic E-state index is 0.208. The predicted molar refractivity (Wildman–Crippen MR) is 96.2 cm³/mol. The number of hydrogen-bond donors (Lipinski definition) is 1. The van der Waals surface area contributed by atoms with Crippen molar-refractivity contribution >= 4 is 27.6 Å². The van der Waals surface area contributed by atoms with Crippen LogP contribution in [0.1, 0.15) is 16.8 Å². The van der Waals surface area contributed by atoms with Gasteiger partial charge in [0.15, 0.2) is 0 Å². The van der Waals surface area contributed by atoms with E-state index in [1.807, 2.05) is 19.0 Å². The van der Waals surface area contributed by atoms with E-state index in [1.165, 1.54) is 31.4 Å². The Morgan fingerprint density at radius 1 is 1.24 bits per heavy atom. The second-order valence-electron chi connectivity index (χ2n) is 5.82. The fourth-order valence-corrected chi connectivity index (χ4v) is 2.96. The summed E-state index contributed by atoms with van der Waals surface area (Å²) in [6.45, 7) is 0.916. The van der Waals surface area contributed by atoms with Crippen LogP contribution in [0.2, 0.25) is 0 Å². The molecule has 0 aliphatic heterocycles. The molecule has 0 aromatic heterocycles. The Kier molecular flexibility index (Phi) is 7.85. The highest BCUT2D eigenvalue weighted by Gasteiger charge is 2.21. The fraction of sp³-hybridized carbons (Fsp3) is 0.500. The summed E-state index contributed by atoms with van der Waals surface area (Å²) in [6, 6.07) is 5.95. The van der Waals surface area contributed by atoms with Gasteiger partial charge in [-0.3, -0.25) is 9.10 Å². The predicted octanol–water partition coefficient (Wildman–Crippen LogP) is 0.307. The molecule has 0 heterocycles. The zero-order valence-corrected chi connectivity index (χ0v) is 15.8. The van der Waals surface area contributed by atoms with Gasteiger partial charge in [-0.15, -0.1) is 0 Å². The molecule has 1 N–H and O–H groups in total. The van der Waals surface area contributed by atoms with Crippen LogP contribution in [-0.2, 0) is 19.6 Å². The molecular weight excluding hydrogens is 346 g/mol. The molecule has 0 saturated heterocycles. The molecule has 1 aromatic carbocycles. The topological polar surface area (TPSA) is 96.0 Å². The number of sulfonamides is 1. The van der Waals surface area contributed by atoms with Crippen molar-refractivity contribution in [2.45, 2.75) is 6.42 Å². The molecule has 0 atom stereocenters. The Balaban J connectivity index is 2.86. The van der Waals surface area contributed by atoms with Crippen LogP contribution in [0.15, 0.2) is 24.3 Å². The van der Waals surface area contributed by atoms with E-state index in [-0.39, 0.29) is 17.8 Å². The normalized spacial score (nSPS) is 11.2. The van der Waals surface area contributed by atoms with Crippen molar-refractivity contribution < 1.29 is 22.7 Å². The Morgan fingerprint density at radius 2 is 1.92 bits per heavy atom. The number of carbonyl (C=O) groups is 2. The molecule has 1 aromatic rings. The molecule has 0 unspecified atom stereocenters. The molecule has 8 nitrogen and oxygen atoms in total. The monoisotopic (exact) mass is 371 g/mol. The number of ether oxygens (including phenoxy) is 1. The van der Waals surface area contributed by atoms with E-state index in [9.17, 15) is 18.0 Å². The molecule has 0 radical (unpaired) electrons. The lowest BCUT2D eigenvalue weighted by atomic mass is 10.2. The van der Waals surface area contributed by atoms with E-state index in [2.05, 4.69) is 10.1 Å². The fourth-order valence-electron chi connectivity index (χ4n) is 2.12. The summed E-state index contributed by atoms with van der Waals surface area (Å²) in [6.07, 6.45) is 1.77. The maximum atomic E-state index is 12.1. The van der Waals surface area contributed by atoms with Gasteiger partial charge in [-0.05, 0) is 45.3 Å². The summed E-state index contributed by atoms with van der Waals surface area (Å²) in [4.78, 5) is 25.7. The molecule has 0 aliphatic carbocycles. The Bertz CT molecular complexity index is 703. The number of anilines is 1. The number of nitrogens with one attached hydrogen (secondary N) is 1. The van der Waals surface area contributed by atoms with E-state index < -0.39 is 21.9 Å². The number of carbonyl (C=O) groups excluding carboxylic acids is 2. The first-order valence-electron chi connectivity index (χ1n) is 7.72. The quantitative estimate of drug-likeness (QED) is 0.496. The summed E-state index contributed by atoms with van der Waals surface area (Å²) >= 11 is 0. The minimum Gasteiger partial charge on any atom is -0.465 e. The third-order valence-electron chi connectivity index (χ3n) is 3.35. The van der Waals surface area contributed by atoms with Gasteiger partial charge in [-0.1, -0.05) is 6.07 Å². The first kappa shape index (κ1) is 20.9. The van der Waals surface area contributed by atoms with Crippen LogP contribution < -0.4 is 9.62 Å². The number of nitrogens with zero attached hydrogens (tertiary/aromatic N) is 2. The van der Waals surface area contributed by atoms with E-state index in [0.29, 0.717) is 6.54 Å². The zero-order valence-electron chi connectivity index (χ0n) is 15.0. The van der Waals surface area contributed by atoms with Gasteiger partial charge in [0.1, 0.15) is 6.54 Å². The smallest absolute Gasteiger partial charge is 0.337 e. The molecule has 0 saturated carbocycles. The average molecular weight is 371 g/mol. The van der Waals surface area contributed by atoms with Crippen molar-refractivity contribution in [3.05, 3.63) is 29.8 Å². The number of amides is 1. The number of hydrogen-bond acceptors (Lipinski definition) is 6. The molecular formula is C16H25N3O5S. The van der Waals surface area contributed by atoms with Gasteiger partial charge in [0.2, 0.25) is 15.9 Å². The van der Waals surface area contributed by atoms with Gasteiger partial charge in [-0.2, -0.15) is 0 Å². The summed E-state index contributed by atoms with van der Waals surface area (Å²) in [5.74, 6) is -0.990. The number of esters is 1. The van der Waals surface area contributed by atoms with Crippen molar-refractivity contribution in [1.82, 2.24) is 10.2 Å². The highest BCUT2D eigenvalue weighted by Crippen LogP contribution is 2.19. The maximum Gasteiger partial charge on any atom is 0.337 e. The number of rotatable bonds is 9. The zero-order chi connectivity index (χ0) is 19.0. The molecule has 25 heavy (non-hydrogen) atoms. The summed E-state index contributed by atoms with van der Waals surface area (Å²) in [5.41, 5.74) is 0.439. The standard InChI is InChI=1S/C16H25N3O5S/c1-18(2)10-6-9-17-15(20)12-19(25(4,22)23)14-8-5-7-13(11-14)16(21)24-3/h5,7-8,11H,6,9-10,12H2,1-4H3,(H,17,20). The lowest BCUT2D eigenvalue weighted by molar-refractivity contribution is -0.119. The summed E-state index contributed by atoms with van der Waals surface area (Å²) in [7, 11) is 1.41. The van der Waals surface area contributed by atoms with Gasteiger partial charge in [-0.25, -0.2) is 13.2 Å². The minimum atomic E-state index is -3.69. The van der Waals surface area contributed by atoms with Crippen LogP contribution in [0.5, 0.6) is 0 Å². The van der Waals surface area contributed by atoms with Crippen molar-refractivity contribution in [1.29, 1.82) is 0 Å². The third-order valence-corrected chi connectivity index (χ3v) is 4.49. The summed E-state index contributed by atoms with van der Waals surface area (Å²) in [5, 5.41) is 2.70. The first-order chi connectivity index (χ1) is 11.6. The van der Waals surface area contributed by atoms with E-state index in [0.717, 1.165) is 23.5 Å². The van der Waals surface area contributed by atoms with E-state index in [4.69, 9.17) is 0 Å². The second-order valence-corrected chi connectivity index (χ2v) is 7.73. The lowest BCUT2D eigenvalue weighted by Crippen LogP contribution is -2.41. The van der Waals surface area contributed by atoms with Crippen LogP contribution in [0.25, 0.3) is 0 Å². The molecule has 140 valence electrons. The third kappa shape index (κ3) is 7.10. The SMILES string of the molecule is COC(=O)c1cccc(N(CC(=O)NCCCN(C)C)S(C)(=O)=O)c1. The number of benzene rings is 1. The van der Waals surface area contributed by atoms with E-state index >= 15 is 0 Å². The van der Waals surface area contributed by atoms with Crippen molar-refractivity contribution in [3.8, 4) is 0 Å². The van der Waals surface area contributed by atoms with Gasteiger partial charge in [0, 0.05) is 6.54 Å². The first-order valence-corrected chi connectivity index (χ1v) is 9.57. The van der Waals surface area contributed by atoms with Crippen molar-refractivity contribution in [2.75, 3.05) is 51.4 Å². The molecule has 0 fully saturated rings. The molecule has 9 heteroatoms. The van der Waals surface area contributed by atoms with Crippen molar-refractivity contribution in [3.63, 3.8) is 0 Å². The van der Waals surface area contributed by atoms with Gasteiger partial charge in [0.05, 0.1) is 24.6 Å².